The fourth-order valence-corrected chi connectivity index (χ4v) is 3.61. The van der Waals surface area contributed by atoms with E-state index < -0.39 is 11.3 Å². The molecule has 0 saturated carbocycles. The normalized spacial score (nSPS) is 11.4. The van der Waals surface area contributed by atoms with Crippen molar-refractivity contribution in [2.45, 2.75) is 6.92 Å². The summed E-state index contributed by atoms with van der Waals surface area (Å²) in [5.41, 5.74) is 1.53. The molecule has 0 amide bonds. The van der Waals surface area contributed by atoms with Crippen molar-refractivity contribution in [3.05, 3.63) is 67.9 Å². The summed E-state index contributed by atoms with van der Waals surface area (Å²) in [7, 11) is 0. The maximum Gasteiger partial charge on any atom is 0.428 e. The predicted molar refractivity (Wildman–Crippen MR) is 91.0 cm³/mol. The van der Waals surface area contributed by atoms with Crippen LogP contribution in [0.25, 0.3) is 26.3 Å². The molecule has 2 aromatic carbocycles. The molecule has 5 nitrogen and oxygen atoms in total. The maximum absolute atomic E-state index is 12.7. The van der Waals surface area contributed by atoms with E-state index in [0.29, 0.717) is 5.02 Å². The molecular formula is C16H9ClN2O3S. The molecular weight excluding hydrogens is 336 g/mol. The van der Waals surface area contributed by atoms with Crippen LogP contribution in [0.2, 0.25) is 5.02 Å². The summed E-state index contributed by atoms with van der Waals surface area (Å²) in [6, 6.07) is 10.3. The largest absolute Gasteiger partial charge is 0.428 e. The number of nitrogens with zero attached hydrogens (tertiary/aromatic N) is 2. The minimum atomic E-state index is -0.763. The van der Waals surface area contributed by atoms with E-state index in [-0.39, 0.29) is 16.1 Å². The number of rotatable bonds is 1. The van der Waals surface area contributed by atoms with Gasteiger partial charge >= 0.3 is 5.76 Å². The Labute approximate surface area is 138 Å². The molecule has 114 valence electrons. The van der Waals surface area contributed by atoms with Crippen LogP contribution >= 0.6 is 22.9 Å². The standard InChI is InChI=1S/C16H9ClN2O3S/c1-8-2-4-11-13(6-8)23-15(18-11)19-14(20)10-7-9(17)3-5-12(10)22-16(19)21/h2-7H,1H3. The van der Waals surface area contributed by atoms with Crippen molar-refractivity contribution >= 4 is 44.1 Å². The summed E-state index contributed by atoms with van der Waals surface area (Å²) in [5.74, 6) is -0.763. The number of fused-ring (bicyclic) bond motifs is 2. The molecule has 7 heteroatoms. The van der Waals surface area contributed by atoms with Crippen LogP contribution in [0.4, 0.5) is 0 Å². The van der Waals surface area contributed by atoms with Crippen molar-refractivity contribution in [2.75, 3.05) is 0 Å². The van der Waals surface area contributed by atoms with Gasteiger partial charge in [0.2, 0.25) is 5.13 Å². The monoisotopic (exact) mass is 344 g/mol. The average Bonchev–Trinajstić information content (AvgIpc) is 2.90. The Bertz CT molecular complexity index is 1190. The molecule has 0 radical (unpaired) electrons. The van der Waals surface area contributed by atoms with E-state index in [9.17, 15) is 9.59 Å². The number of halogens is 1. The Morgan fingerprint density at radius 3 is 2.83 bits per heavy atom. The third-order valence-corrected chi connectivity index (χ3v) is 4.72. The summed E-state index contributed by atoms with van der Waals surface area (Å²) >= 11 is 7.19. The highest BCUT2D eigenvalue weighted by Crippen LogP contribution is 2.25. The van der Waals surface area contributed by atoms with Gasteiger partial charge in [0.05, 0.1) is 15.6 Å². The van der Waals surface area contributed by atoms with E-state index >= 15 is 0 Å². The van der Waals surface area contributed by atoms with Gasteiger partial charge in [-0.1, -0.05) is 29.0 Å². The molecule has 0 atom stereocenters. The van der Waals surface area contributed by atoms with Crippen molar-refractivity contribution in [1.29, 1.82) is 0 Å². The van der Waals surface area contributed by atoms with E-state index in [1.165, 1.54) is 23.5 Å². The van der Waals surface area contributed by atoms with E-state index in [1.807, 2.05) is 25.1 Å². The van der Waals surface area contributed by atoms with Crippen LogP contribution in [-0.2, 0) is 0 Å². The summed E-state index contributed by atoms with van der Waals surface area (Å²) in [6.45, 7) is 1.97. The Morgan fingerprint density at radius 2 is 2.00 bits per heavy atom. The first-order valence-corrected chi connectivity index (χ1v) is 7.95. The van der Waals surface area contributed by atoms with Gasteiger partial charge in [0.25, 0.3) is 5.56 Å². The Balaban J connectivity index is 2.07. The zero-order valence-corrected chi connectivity index (χ0v) is 13.4. The molecule has 0 bridgehead atoms. The molecule has 0 fully saturated rings. The lowest BCUT2D eigenvalue weighted by molar-refractivity contribution is 0.503. The fourth-order valence-electron chi connectivity index (χ4n) is 2.38. The van der Waals surface area contributed by atoms with Crippen LogP contribution in [0, 0.1) is 6.92 Å². The number of hydrogen-bond donors (Lipinski definition) is 0. The third kappa shape index (κ3) is 2.27. The van der Waals surface area contributed by atoms with Crippen LogP contribution < -0.4 is 11.3 Å². The molecule has 2 aromatic heterocycles. The van der Waals surface area contributed by atoms with Gasteiger partial charge in [-0.25, -0.2) is 9.78 Å². The van der Waals surface area contributed by atoms with Gasteiger partial charge in [-0.2, -0.15) is 4.57 Å². The third-order valence-electron chi connectivity index (χ3n) is 3.48. The molecule has 4 aromatic rings. The smallest absolute Gasteiger partial charge is 0.409 e. The van der Waals surface area contributed by atoms with Crippen molar-refractivity contribution in [1.82, 2.24) is 9.55 Å². The molecule has 0 aliphatic carbocycles. The lowest BCUT2D eigenvalue weighted by atomic mass is 10.2. The lowest BCUT2D eigenvalue weighted by Crippen LogP contribution is -2.30. The van der Waals surface area contributed by atoms with Crippen LogP contribution in [-0.4, -0.2) is 9.55 Å². The number of aryl methyl sites for hydroxylation is 1. The first kappa shape index (κ1) is 14.2. The van der Waals surface area contributed by atoms with Gasteiger partial charge < -0.3 is 4.42 Å². The summed E-state index contributed by atoms with van der Waals surface area (Å²) in [6.07, 6.45) is 0. The van der Waals surface area contributed by atoms with E-state index in [2.05, 4.69) is 4.98 Å². The zero-order chi connectivity index (χ0) is 16.1. The van der Waals surface area contributed by atoms with Gasteiger partial charge in [0, 0.05) is 5.02 Å². The second-order valence-electron chi connectivity index (χ2n) is 5.12. The predicted octanol–water partition coefficient (Wildman–Crippen LogP) is 3.52. The first-order valence-electron chi connectivity index (χ1n) is 6.76. The van der Waals surface area contributed by atoms with Crippen molar-refractivity contribution in [3.8, 4) is 5.13 Å². The molecule has 0 N–H and O–H groups in total. The second kappa shape index (κ2) is 5.04. The van der Waals surface area contributed by atoms with Gasteiger partial charge in [-0.05, 0) is 42.8 Å². The van der Waals surface area contributed by atoms with Crippen LogP contribution in [0.3, 0.4) is 0 Å². The molecule has 4 rings (SSSR count). The Kier molecular flexibility index (Phi) is 3.11. The van der Waals surface area contributed by atoms with E-state index in [4.69, 9.17) is 16.0 Å². The van der Waals surface area contributed by atoms with E-state index in [1.54, 1.807) is 6.07 Å². The summed E-state index contributed by atoms with van der Waals surface area (Å²) in [5, 5.41) is 0.925. The first-order chi connectivity index (χ1) is 11.0. The number of aromatic nitrogens is 2. The Hall–Kier alpha value is -2.44. The fraction of sp³-hybridized carbons (Fsp3) is 0.0625. The highest BCUT2D eigenvalue weighted by Gasteiger charge is 2.15. The number of hydrogen-bond acceptors (Lipinski definition) is 5. The molecule has 0 saturated heterocycles. The zero-order valence-electron chi connectivity index (χ0n) is 11.9. The Morgan fingerprint density at radius 1 is 1.17 bits per heavy atom. The topological polar surface area (TPSA) is 65.1 Å². The molecule has 2 heterocycles. The van der Waals surface area contributed by atoms with Gasteiger partial charge in [0.1, 0.15) is 5.58 Å². The number of benzene rings is 2. The van der Waals surface area contributed by atoms with Gasteiger partial charge in [-0.3, -0.25) is 4.79 Å². The van der Waals surface area contributed by atoms with Crippen molar-refractivity contribution in [3.63, 3.8) is 0 Å². The molecule has 0 aliphatic rings. The van der Waals surface area contributed by atoms with Crippen LogP contribution in [0.5, 0.6) is 0 Å². The molecule has 23 heavy (non-hydrogen) atoms. The van der Waals surface area contributed by atoms with Crippen molar-refractivity contribution in [2.24, 2.45) is 0 Å². The summed E-state index contributed by atoms with van der Waals surface area (Å²) in [4.78, 5) is 29.2. The SMILES string of the molecule is Cc1ccc2nc(-n3c(=O)oc4ccc(Cl)cc4c3=O)sc2c1. The minimum absolute atomic E-state index is 0.206. The van der Waals surface area contributed by atoms with E-state index in [0.717, 1.165) is 20.3 Å². The lowest BCUT2D eigenvalue weighted by Gasteiger charge is -2.01. The second-order valence-corrected chi connectivity index (χ2v) is 6.56. The number of thiazole rings is 1. The minimum Gasteiger partial charge on any atom is -0.409 e. The summed E-state index contributed by atoms with van der Waals surface area (Å²) < 4.78 is 7.06. The quantitative estimate of drug-likeness (QED) is 0.530. The highest BCUT2D eigenvalue weighted by atomic mass is 35.5. The molecule has 0 unspecified atom stereocenters. The van der Waals surface area contributed by atoms with Crippen LogP contribution in [0.15, 0.2) is 50.4 Å². The van der Waals surface area contributed by atoms with Gasteiger partial charge in [0.15, 0.2) is 0 Å². The van der Waals surface area contributed by atoms with Crippen LogP contribution in [0.1, 0.15) is 5.56 Å². The molecule has 0 aliphatic heterocycles. The maximum atomic E-state index is 12.7. The van der Waals surface area contributed by atoms with Gasteiger partial charge in [-0.15, -0.1) is 0 Å². The van der Waals surface area contributed by atoms with Crippen molar-refractivity contribution < 1.29 is 4.42 Å². The average molecular weight is 345 g/mol. The highest BCUT2D eigenvalue weighted by molar-refractivity contribution is 7.20. The molecule has 0 spiro atoms.